The number of aliphatic imine (C=N–C) groups is 3. The quantitative estimate of drug-likeness (QED) is 0.653. The van der Waals surface area contributed by atoms with Gasteiger partial charge in [-0.2, -0.15) is 4.99 Å². The molecule has 1 saturated heterocycles. The summed E-state index contributed by atoms with van der Waals surface area (Å²) in [5.74, 6) is 0.487. The molecule has 3 aliphatic rings. The summed E-state index contributed by atoms with van der Waals surface area (Å²) in [5, 5.41) is 19.4. The Labute approximate surface area is 119 Å². The van der Waals surface area contributed by atoms with Crippen LogP contribution in [0, 0.1) is 0 Å². The molecule has 1 fully saturated rings. The van der Waals surface area contributed by atoms with E-state index in [9.17, 15) is 5.11 Å². The molecule has 0 bridgehead atoms. The first kappa shape index (κ1) is 12.9. The average Bonchev–Trinajstić information content (AvgIpc) is 2.88. The number of hydrogen-bond donors (Lipinski definition) is 2. The van der Waals surface area contributed by atoms with Crippen molar-refractivity contribution in [1.29, 1.82) is 0 Å². The first-order chi connectivity index (χ1) is 9.10. The van der Waals surface area contributed by atoms with Crippen molar-refractivity contribution in [2.45, 2.75) is 24.9 Å². The van der Waals surface area contributed by atoms with Crippen LogP contribution in [0.25, 0.3) is 0 Å². The second-order valence-corrected chi connectivity index (χ2v) is 4.97. The zero-order valence-electron chi connectivity index (χ0n) is 9.63. The summed E-state index contributed by atoms with van der Waals surface area (Å²) >= 11 is 10.1. The molecule has 3 heterocycles. The van der Waals surface area contributed by atoms with Crippen LogP contribution in [0.3, 0.4) is 0 Å². The van der Waals surface area contributed by atoms with Crippen LogP contribution < -0.4 is 0 Å². The molecule has 9 heteroatoms. The number of fused-ring (bicyclic) bond motifs is 1. The number of amidine groups is 1. The Bertz CT molecular complexity index is 545. The van der Waals surface area contributed by atoms with Crippen molar-refractivity contribution in [2.24, 2.45) is 15.0 Å². The zero-order chi connectivity index (χ0) is 13.6. The van der Waals surface area contributed by atoms with Crippen molar-refractivity contribution in [3.63, 3.8) is 0 Å². The van der Waals surface area contributed by atoms with Gasteiger partial charge in [-0.25, -0.2) is 9.98 Å². The fraction of sp³-hybridized carbons (Fsp3) is 0.500. The molecule has 0 aromatic heterocycles. The predicted molar refractivity (Wildman–Crippen MR) is 76.8 cm³/mol. The lowest BCUT2D eigenvalue weighted by Gasteiger charge is -2.25. The van der Waals surface area contributed by atoms with Gasteiger partial charge in [-0.15, -0.1) is 0 Å². The van der Waals surface area contributed by atoms with E-state index in [2.05, 4.69) is 15.0 Å². The number of nitrogens with zero attached hydrogens (tertiary/aromatic N) is 4. The van der Waals surface area contributed by atoms with E-state index in [1.165, 1.54) is 6.21 Å². The highest BCUT2D eigenvalue weighted by Crippen LogP contribution is 2.27. The molecule has 0 spiro atoms. The summed E-state index contributed by atoms with van der Waals surface area (Å²) in [5.41, 5.74) is 0.532. The van der Waals surface area contributed by atoms with Gasteiger partial charge in [0.2, 0.25) is 10.2 Å². The van der Waals surface area contributed by atoms with Gasteiger partial charge in [-0.05, 0) is 24.4 Å². The van der Waals surface area contributed by atoms with Gasteiger partial charge >= 0.3 is 0 Å². The fourth-order valence-corrected chi connectivity index (χ4v) is 2.59. The smallest absolute Gasteiger partial charge is 0.221 e. The van der Waals surface area contributed by atoms with E-state index in [1.54, 1.807) is 4.90 Å². The number of hydrogen-bond acceptors (Lipinski definition) is 5. The highest BCUT2D eigenvalue weighted by Gasteiger charge is 2.43. The largest absolute Gasteiger partial charge is 0.394 e. The highest BCUT2D eigenvalue weighted by atomic mass is 32.1. The molecule has 0 radical (unpaired) electrons. The molecule has 3 aliphatic heterocycles. The molecule has 0 saturated carbocycles. The average molecular weight is 298 g/mol. The van der Waals surface area contributed by atoms with Crippen molar-refractivity contribution in [3.8, 4) is 0 Å². The lowest BCUT2D eigenvalue weighted by atomic mass is 10.2. The summed E-state index contributed by atoms with van der Waals surface area (Å²) in [6.07, 6.45) is -0.0505. The molecule has 2 N–H and O–H groups in total. The van der Waals surface area contributed by atoms with Crippen LogP contribution in [0.15, 0.2) is 15.0 Å². The molecule has 3 rings (SSSR count). The molecule has 0 amide bonds. The van der Waals surface area contributed by atoms with Gasteiger partial charge in [0, 0.05) is 6.42 Å². The second kappa shape index (κ2) is 4.76. The Morgan fingerprint density at radius 1 is 1.42 bits per heavy atom. The summed E-state index contributed by atoms with van der Waals surface area (Å²) in [4.78, 5) is 13.8. The monoisotopic (exact) mass is 298 g/mol. The van der Waals surface area contributed by atoms with Gasteiger partial charge in [0.25, 0.3) is 0 Å². The molecule has 0 aromatic rings. The van der Waals surface area contributed by atoms with Crippen molar-refractivity contribution in [2.75, 3.05) is 6.61 Å². The molecular weight excluding hydrogens is 288 g/mol. The molecule has 0 unspecified atom stereocenters. The first-order valence-electron chi connectivity index (χ1n) is 5.63. The summed E-state index contributed by atoms with van der Waals surface area (Å²) < 4.78 is 5.56. The molecule has 3 atom stereocenters. The fourth-order valence-electron chi connectivity index (χ4n) is 2.15. The van der Waals surface area contributed by atoms with Crippen molar-refractivity contribution < 1.29 is 14.9 Å². The van der Waals surface area contributed by atoms with Crippen LogP contribution in [0.4, 0.5) is 0 Å². The Morgan fingerprint density at radius 3 is 2.89 bits per heavy atom. The van der Waals surface area contributed by atoms with Gasteiger partial charge in [0.05, 0.1) is 18.9 Å². The minimum Gasteiger partial charge on any atom is -0.394 e. The molecule has 0 aromatic carbocycles. The third kappa shape index (κ3) is 2.13. The Hall–Kier alpha value is -1.13. The highest BCUT2D eigenvalue weighted by molar-refractivity contribution is 7.80. The summed E-state index contributed by atoms with van der Waals surface area (Å²) in [6.45, 7) is -0.252. The van der Waals surface area contributed by atoms with Gasteiger partial charge in [0.15, 0.2) is 5.84 Å². The standard InChI is InChI=1S/C10H10N4O3S2/c15-3-6-5(16)1-7(17-6)14-8-4(12-10(14)19)2-11-9(18)13-8/h2,5-7,15-16H,1,3H2/t5-,6+,7-/m1/s1. The SMILES string of the molecule is OC[C@@H]1O[C@@H](N2C(=S)N=C3C=NC(=S)N=C32)C[C@H]1O. The number of rotatable bonds is 2. The number of ether oxygens (including phenoxy) is 1. The van der Waals surface area contributed by atoms with Crippen LogP contribution in [-0.4, -0.2) is 68.1 Å². The maximum atomic E-state index is 9.77. The van der Waals surface area contributed by atoms with Gasteiger partial charge in [0.1, 0.15) is 18.0 Å². The molecule has 0 aliphatic carbocycles. The minimum absolute atomic E-state index is 0.195. The first-order valence-corrected chi connectivity index (χ1v) is 6.45. The van der Waals surface area contributed by atoms with E-state index < -0.39 is 18.4 Å². The van der Waals surface area contributed by atoms with E-state index >= 15 is 0 Å². The molecule has 100 valence electrons. The second-order valence-electron chi connectivity index (χ2n) is 4.24. The van der Waals surface area contributed by atoms with Crippen molar-refractivity contribution >= 4 is 52.4 Å². The van der Waals surface area contributed by atoms with E-state index in [0.717, 1.165) is 0 Å². The lowest BCUT2D eigenvalue weighted by Crippen LogP contribution is -2.43. The number of aliphatic hydroxyl groups excluding tert-OH is 2. The number of aliphatic hydroxyl groups is 2. The summed E-state index contributed by atoms with van der Waals surface area (Å²) in [7, 11) is 0. The summed E-state index contributed by atoms with van der Waals surface area (Å²) in [6, 6.07) is 0. The van der Waals surface area contributed by atoms with Crippen LogP contribution in [0.2, 0.25) is 0 Å². The minimum atomic E-state index is -0.744. The van der Waals surface area contributed by atoms with Crippen molar-refractivity contribution in [3.05, 3.63) is 0 Å². The molecule has 19 heavy (non-hydrogen) atoms. The third-order valence-electron chi connectivity index (χ3n) is 3.05. The van der Waals surface area contributed by atoms with E-state index in [4.69, 9.17) is 34.3 Å². The van der Waals surface area contributed by atoms with Gasteiger partial charge in [-0.3, -0.25) is 4.90 Å². The van der Waals surface area contributed by atoms with Gasteiger partial charge in [-0.1, -0.05) is 0 Å². The van der Waals surface area contributed by atoms with Crippen LogP contribution in [-0.2, 0) is 4.74 Å². The van der Waals surface area contributed by atoms with Crippen LogP contribution in [0.1, 0.15) is 6.42 Å². The van der Waals surface area contributed by atoms with E-state index in [0.29, 0.717) is 23.1 Å². The maximum Gasteiger partial charge on any atom is 0.221 e. The van der Waals surface area contributed by atoms with E-state index in [-0.39, 0.29) is 11.7 Å². The predicted octanol–water partition coefficient (Wildman–Crippen LogP) is -0.736. The number of thiocarbonyl (C=S) groups is 2. The Morgan fingerprint density at radius 2 is 2.21 bits per heavy atom. The maximum absolute atomic E-state index is 9.77. The van der Waals surface area contributed by atoms with Gasteiger partial charge < -0.3 is 14.9 Å². The van der Waals surface area contributed by atoms with E-state index in [1.807, 2.05) is 0 Å². The van der Waals surface area contributed by atoms with Crippen LogP contribution >= 0.6 is 24.4 Å². The molecular formula is C10H10N4O3S2. The zero-order valence-corrected chi connectivity index (χ0v) is 11.3. The topological polar surface area (TPSA) is 90.0 Å². The third-order valence-corrected chi connectivity index (χ3v) is 3.54. The van der Waals surface area contributed by atoms with Crippen molar-refractivity contribution in [1.82, 2.24) is 4.90 Å². The Balaban J connectivity index is 1.87. The Kier molecular flexibility index (Phi) is 3.23. The van der Waals surface area contributed by atoms with Crippen LogP contribution in [0.5, 0.6) is 0 Å². The normalized spacial score (nSPS) is 33.6. The molecule has 7 nitrogen and oxygen atoms in total. The lowest BCUT2D eigenvalue weighted by molar-refractivity contribution is -0.0435.